The molecule has 2 N–H and O–H groups in total. The van der Waals surface area contributed by atoms with Gasteiger partial charge in [-0.25, -0.2) is 4.39 Å². The van der Waals surface area contributed by atoms with Crippen molar-refractivity contribution in [1.29, 1.82) is 0 Å². The van der Waals surface area contributed by atoms with Gasteiger partial charge in [0.05, 0.1) is 43.2 Å². The number of ether oxygens (including phenoxy) is 1. The summed E-state index contributed by atoms with van der Waals surface area (Å²) in [6.07, 6.45) is 0. The van der Waals surface area contributed by atoms with Gasteiger partial charge in [0.25, 0.3) is 11.8 Å². The van der Waals surface area contributed by atoms with Crippen LogP contribution in [0.3, 0.4) is 0 Å². The van der Waals surface area contributed by atoms with Crippen molar-refractivity contribution in [3.05, 3.63) is 100 Å². The number of benzene rings is 4. The van der Waals surface area contributed by atoms with Crippen LogP contribution in [0.15, 0.2) is 83.3 Å². The van der Waals surface area contributed by atoms with Gasteiger partial charge >= 0.3 is 0 Å². The van der Waals surface area contributed by atoms with Gasteiger partial charge in [0.2, 0.25) is 5.91 Å². The van der Waals surface area contributed by atoms with Crippen LogP contribution in [-0.4, -0.2) is 50.5 Å². The topological polar surface area (TPSA) is 91.0 Å². The smallest absolute Gasteiger partial charge is 0.261 e. The first-order valence-corrected chi connectivity index (χ1v) is 14.2. The van der Waals surface area contributed by atoms with Crippen LogP contribution in [0.1, 0.15) is 22.8 Å². The number of likely N-dealkylation sites (N-methyl/N-ethyl adjacent to an activating group) is 1. The molecule has 224 valence electrons. The number of amides is 3. The third-order valence-corrected chi connectivity index (χ3v) is 8.19. The molecule has 0 aromatic heterocycles. The minimum atomic E-state index is -1.12. The van der Waals surface area contributed by atoms with Crippen molar-refractivity contribution in [3.63, 3.8) is 0 Å². The zero-order valence-electron chi connectivity index (χ0n) is 23.8. The molecule has 5 rings (SSSR count). The zero-order valence-corrected chi connectivity index (χ0v) is 26.2. The molecule has 1 aliphatic rings. The molecule has 0 radical (unpaired) electrons. The molecule has 0 unspecified atom stereocenters. The van der Waals surface area contributed by atoms with Crippen molar-refractivity contribution in [1.82, 2.24) is 10.6 Å². The van der Waals surface area contributed by atoms with Crippen LogP contribution in [-0.2, 0) is 16.1 Å². The maximum absolute atomic E-state index is 14.8. The maximum Gasteiger partial charge on any atom is 0.261 e. The van der Waals surface area contributed by atoms with Gasteiger partial charge in [-0.3, -0.25) is 14.4 Å². The summed E-state index contributed by atoms with van der Waals surface area (Å²) < 4.78 is 21.4. The van der Waals surface area contributed by atoms with Crippen molar-refractivity contribution >= 4 is 68.2 Å². The fourth-order valence-corrected chi connectivity index (χ4v) is 5.63. The maximum atomic E-state index is 14.8. The van der Waals surface area contributed by atoms with Gasteiger partial charge in [-0.2, -0.15) is 0 Å². The number of methoxy groups -OCH3 is 1. The molecule has 4 aromatic carbocycles. The molecule has 0 saturated heterocycles. The number of hydrogen-bond donors (Lipinski definition) is 2. The average Bonchev–Trinajstić information content (AvgIpc) is 3.11. The van der Waals surface area contributed by atoms with Crippen LogP contribution < -0.4 is 25.2 Å². The Hall–Kier alpha value is -3.99. The van der Waals surface area contributed by atoms with E-state index in [9.17, 15) is 18.8 Å². The highest BCUT2D eigenvalue weighted by atomic mass is 79.9. The summed E-state index contributed by atoms with van der Waals surface area (Å²) in [6.45, 7) is 1.56. The highest BCUT2D eigenvalue weighted by Crippen LogP contribution is 2.38. The van der Waals surface area contributed by atoms with E-state index in [2.05, 4.69) is 26.6 Å². The van der Waals surface area contributed by atoms with Gasteiger partial charge in [-0.1, -0.05) is 52.3 Å². The van der Waals surface area contributed by atoms with E-state index in [1.165, 1.54) is 23.1 Å². The Balaban J connectivity index is 0.00000423. The molecule has 0 spiro atoms. The first-order valence-electron chi connectivity index (χ1n) is 13.4. The number of carbonyl (C=O) groups excluding carboxylic acids is 3. The van der Waals surface area contributed by atoms with Gasteiger partial charge in [-0.05, 0) is 67.2 Å². The van der Waals surface area contributed by atoms with Gasteiger partial charge < -0.3 is 25.2 Å². The Bertz CT molecular complexity index is 1690. The number of rotatable bonds is 7. The number of fused-ring (bicyclic) bond motifs is 2. The zero-order chi connectivity index (χ0) is 30.0. The van der Waals surface area contributed by atoms with E-state index >= 15 is 0 Å². The third-order valence-electron chi connectivity index (χ3n) is 7.50. The number of nitrogens with zero attached hydrogens (tertiary/aromatic N) is 2. The van der Waals surface area contributed by atoms with Crippen molar-refractivity contribution in [3.8, 4) is 5.75 Å². The largest absolute Gasteiger partial charge is 0.496 e. The Kier molecular flexibility index (Phi) is 10.1. The molecular weight excluding hydrogens is 639 g/mol. The summed E-state index contributed by atoms with van der Waals surface area (Å²) in [7, 11) is 3.21. The molecule has 0 aliphatic carbocycles. The Morgan fingerprint density at radius 2 is 1.70 bits per heavy atom. The highest BCUT2D eigenvalue weighted by molar-refractivity contribution is 9.10. The van der Waals surface area contributed by atoms with Gasteiger partial charge in [0, 0.05) is 10.0 Å². The lowest BCUT2D eigenvalue weighted by atomic mass is 10.0. The number of anilines is 2. The molecule has 11 heteroatoms. The van der Waals surface area contributed by atoms with Gasteiger partial charge in [0.1, 0.15) is 17.6 Å². The van der Waals surface area contributed by atoms with E-state index in [0.29, 0.717) is 17.1 Å². The summed E-state index contributed by atoms with van der Waals surface area (Å²) in [5, 5.41) is 7.50. The van der Waals surface area contributed by atoms with E-state index < -0.39 is 35.6 Å². The Morgan fingerprint density at radius 1 is 1.00 bits per heavy atom. The summed E-state index contributed by atoms with van der Waals surface area (Å²) >= 11 is 3.61. The average molecular weight is 670 g/mol. The van der Waals surface area contributed by atoms with Gasteiger partial charge in [0.15, 0.2) is 0 Å². The standard InChI is InChI=1S/C32H30BrFN4O4.ClH/c1-19(35-2)30(39)36-26-18-38(31(40)22-9-4-5-12-25(22)34)28-14-7-6-13-27(28)37(32(26)41)17-23-20-10-8-11-24(33)21(20)15-16-29(23)42-3;/h4-16,19,26,35H,17-18H2,1-3H3,(H,36,39);1H/t19-,26-;/m0./s1. The molecule has 0 fully saturated rings. The van der Waals surface area contributed by atoms with E-state index in [1.807, 2.05) is 30.3 Å². The van der Waals surface area contributed by atoms with Crippen LogP contribution in [0.25, 0.3) is 10.8 Å². The molecule has 43 heavy (non-hydrogen) atoms. The Morgan fingerprint density at radius 3 is 2.40 bits per heavy atom. The van der Waals surface area contributed by atoms with E-state index in [4.69, 9.17) is 4.74 Å². The highest BCUT2D eigenvalue weighted by Gasteiger charge is 2.38. The third kappa shape index (κ3) is 6.22. The predicted octanol–water partition coefficient (Wildman–Crippen LogP) is 5.46. The first-order chi connectivity index (χ1) is 20.2. The normalized spacial score (nSPS) is 15.3. The number of para-hydroxylation sites is 2. The lowest BCUT2D eigenvalue weighted by Crippen LogP contribution is -2.55. The van der Waals surface area contributed by atoms with Crippen molar-refractivity contribution in [2.24, 2.45) is 0 Å². The van der Waals surface area contributed by atoms with Crippen LogP contribution in [0.2, 0.25) is 0 Å². The molecule has 8 nitrogen and oxygen atoms in total. The SMILES string of the molecule is CN[C@@H](C)C(=O)N[C@H]1CN(C(=O)c2ccccc2F)c2ccccc2N(Cc2c(OC)ccc3c(Br)cccc23)C1=O.Cl. The van der Waals surface area contributed by atoms with Crippen LogP contribution in [0.5, 0.6) is 5.75 Å². The molecule has 0 bridgehead atoms. The minimum absolute atomic E-state index is 0. The van der Waals surface area contributed by atoms with Crippen LogP contribution >= 0.6 is 28.3 Å². The number of hydrogen-bond acceptors (Lipinski definition) is 5. The summed E-state index contributed by atoms with van der Waals surface area (Å²) in [5.41, 5.74) is 1.47. The lowest BCUT2D eigenvalue weighted by Gasteiger charge is -2.27. The van der Waals surface area contributed by atoms with E-state index in [1.54, 1.807) is 56.3 Å². The summed E-state index contributed by atoms with van der Waals surface area (Å²) in [6, 6.07) is 20.5. The summed E-state index contributed by atoms with van der Waals surface area (Å²) in [5.74, 6) is -1.55. The fourth-order valence-electron chi connectivity index (χ4n) is 5.13. The molecule has 4 aromatic rings. The summed E-state index contributed by atoms with van der Waals surface area (Å²) in [4.78, 5) is 44.1. The molecule has 2 atom stereocenters. The molecule has 3 amide bonds. The minimum Gasteiger partial charge on any atom is -0.496 e. The molecular formula is C32H31BrClFN4O4. The molecule has 1 heterocycles. The van der Waals surface area contributed by atoms with E-state index in [-0.39, 0.29) is 31.1 Å². The number of halogens is 3. The fraction of sp³-hybridized carbons (Fsp3) is 0.219. The second-order valence-electron chi connectivity index (χ2n) is 9.96. The first kappa shape index (κ1) is 31.9. The molecule has 0 saturated carbocycles. The molecule has 1 aliphatic heterocycles. The van der Waals surface area contributed by atoms with Gasteiger partial charge in [-0.15, -0.1) is 12.4 Å². The second kappa shape index (κ2) is 13.5. The van der Waals surface area contributed by atoms with Crippen molar-refractivity contribution in [2.45, 2.75) is 25.6 Å². The van der Waals surface area contributed by atoms with E-state index in [0.717, 1.165) is 20.8 Å². The number of nitrogens with one attached hydrogen (secondary N) is 2. The van der Waals surface area contributed by atoms with Crippen LogP contribution in [0.4, 0.5) is 15.8 Å². The predicted molar refractivity (Wildman–Crippen MR) is 172 cm³/mol. The quantitative estimate of drug-likeness (QED) is 0.273. The second-order valence-corrected chi connectivity index (χ2v) is 10.8. The van der Waals surface area contributed by atoms with Crippen LogP contribution in [0, 0.1) is 5.82 Å². The Labute approximate surface area is 263 Å². The van der Waals surface area contributed by atoms with Crippen molar-refractivity contribution < 1.29 is 23.5 Å². The monoisotopic (exact) mass is 668 g/mol. The lowest BCUT2D eigenvalue weighted by molar-refractivity contribution is -0.128. The number of carbonyl (C=O) groups is 3. The van der Waals surface area contributed by atoms with Crippen molar-refractivity contribution in [2.75, 3.05) is 30.5 Å².